The second kappa shape index (κ2) is 168. The molecule has 19 heteroatoms. The van der Waals surface area contributed by atoms with Gasteiger partial charge in [-0.3, -0.25) is 0 Å². The number of nitrogens with one attached hydrogen (secondary N) is 5. The van der Waals surface area contributed by atoms with Gasteiger partial charge in [0.25, 0.3) is 0 Å². The van der Waals surface area contributed by atoms with Crippen LogP contribution in [0.2, 0.25) is 0 Å². The van der Waals surface area contributed by atoms with E-state index in [4.69, 9.17) is 67.4 Å². The number of aldehydes is 1. The summed E-state index contributed by atoms with van der Waals surface area (Å²) in [7, 11) is 7.94. The highest BCUT2D eigenvalue weighted by molar-refractivity contribution is 5.76. The zero-order valence-corrected chi connectivity index (χ0v) is 106. The Balaban J connectivity index is -0.0000000515. The molecule has 2 amide bonds. The third-order valence-corrected chi connectivity index (χ3v) is 17.1. The highest BCUT2D eigenvalue weighted by Gasteiger charge is 2.13. The van der Waals surface area contributed by atoms with Crippen LogP contribution in [0.3, 0.4) is 0 Å². The normalized spacial score (nSPS) is 10.1. The molecule has 0 aromatic carbocycles. The van der Waals surface area contributed by atoms with Gasteiger partial charge in [-0.05, 0) is 295 Å². The lowest BCUT2D eigenvalue weighted by atomic mass is 9.90. The number of Topliss-reactive ketones (excluding diaryl/α,β-unsaturated/α-hetero) is 2. The van der Waals surface area contributed by atoms with Crippen molar-refractivity contribution in [3.05, 3.63) is 12.7 Å². The second-order valence-electron chi connectivity index (χ2n) is 46.8. The fraction of sp³-hybridized carbons (Fsp3) is 0.905. The number of amides is 2. The van der Waals surface area contributed by atoms with Crippen molar-refractivity contribution in [1.82, 2.24) is 31.5 Å². The number of primary amides is 1. The molecule has 0 bridgehead atoms. The molecule has 0 aromatic rings. The summed E-state index contributed by atoms with van der Waals surface area (Å²) in [5.41, 5.74) is 20.9. The minimum Gasteiger partial charge on any atom is -0.396 e. The standard InChI is InChI=1S/C8H19N.C7H17NO.2C7H17N.2C7H14O.C7H16.C6H14N2O.C6H15N.C6H14O2.C6H14O.C6H12.3C6H10.3C5H13N.C5H12O.C5H10O.3CH4/c1-7(2)5-6-9-8(3)4;1-3-4-5-8-6-7-9-2;1-7(2)5-6-8(3)4;1-4-8-6-5-7(2)3;2*1-6(8)5-7(2,3)4;1-4-5-6-7(2)3;1-5(2)3-4-8-6(7)9;1-6(2)4-5-7-3;1-5(2)3-6(8)4-7;1-6(2)4-3-5-7;4*1-4-5-6(2)3;5*1-5(2)3-4-6;;;/h7-9H,5-6H2,1-4H3;8H,3-7H2,1-2H3;7H,5-6H2,1-4H3;7-8H,4-6H2,1-3H3;2*5H2,1-4H3;7H,4-6H2,1-3H3;5H,3-4H2,1-2H3,(H3,7,8,9);6-7H,4-5H2,1-3H3;5-8H,3-4H2,1-2H3;6-7H,3-5H2,1-2H3;4,6H,1,5H2,2-3H3;3*1,6H,5H2,2-3H3;3*5H,3-4,6H2,1-2H3;5-6H,3-4H2,1-2H3;4-5H,3H2,1-2H3;3*1H4/t;;;;;;;;;6-;;;;;;;;;;;;;/m.........0............./s1. The number of ether oxygens (including phenoxy) is 1. The number of unbranched alkanes of at least 4 members (excludes halogenated alkanes) is 2. The first-order valence-electron chi connectivity index (χ1n) is 56.2. The number of hydrogen-bond acceptors (Lipinski definition) is 17. The lowest BCUT2D eigenvalue weighted by molar-refractivity contribution is -0.119. The van der Waals surface area contributed by atoms with Crippen molar-refractivity contribution in [2.45, 2.75) is 514 Å². The van der Waals surface area contributed by atoms with Gasteiger partial charge < -0.3 is 94.0 Å². The number of methoxy groups -OCH3 is 1. The highest BCUT2D eigenvalue weighted by Crippen LogP contribution is 2.19. The topological polar surface area (TPSA) is 326 Å². The molecule has 0 aliphatic heterocycles. The summed E-state index contributed by atoms with van der Waals surface area (Å²) in [5.74, 6) is 20.6. The Bertz CT molecular complexity index is 2150. The van der Waals surface area contributed by atoms with E-state index in [-0.39, 0.29) is 51.3 Å². The lowest BCUT2D eigenvalue weighted by Gasteiger charge is -2.14. The van der Waals surface area contributed by atoms with E-state index in [0.717, 1.165) is 195 Å². The van der Waals surface area contributed by atoms with Crippen molar-refractivity contribution in [1.29, 1.82) is 0 Å². The van der Waals surface area contributed by atoms with Gasteiger partial charge >= 0.3 is 6.03 Å². The summed E-state index contributed by atoms with van der Waals surface area (Å²) >= 11 is 0. The number of carbonyl (C=O) groups is 4. The number of nitrogens with zero attached hydrogens (tertiary/aromatic N) is 1. The van der Waals surface area contributed by atoms with E-state index >= 15 is 0 Å². The zero-order chi connectivity index (χ0) is 117. The number of carbonyl (C=O) groups excluding carboxylic acids is 4. The fourth-order valence-electron chi connectivity index (χ4n) is 8.98. The van der Waals surface area contributed by atoms with Crippen LogP contribution in [0.4, 0.5) is 4.79 Å². The molecule has 17 N–H and O–H groups in total. The van der Waals surface area contributed by atoms with Gasteiger partial charge in [0.15, 0.2) is 0 Å². The molecule has 0 aliphatic carbocycles. The van der Waals surface area contributed by atoms with Crippen LogP contribution >= 0.6 is 0 Å². The minimum absolute atomic E-state index is 0. The Morgan fingerprint density at radius 3 is 0.862 bits per heavy atom. The minimum atomic E-state index is -0.519. The fourth-order valence-corrected chi connectivity index (χ4v) is 8.98. The number of rotatable bonds is 49. The zero-order valence-electron chi connectivity index (χ0n) is 106. The Morgan fingerprint density at radius 2 is 0.731 bits per heavy atom. The van der Waals surface area contributed by atoms with Crippen molar-refractivity contribution in [2.24, 2.45) is 134 Å². The third kappa shape index (κ3) is 427. The maximum Gasteiger partial charge on any atom is 0.312 e. The van der Waals surface area contributed by atoms with Crippen LogP contribution in [0.5, 0.6) is 0 Å². The SMILES string of the molecule is C.C.C.C#CCC(C)C.C#CCC(C)C.C#CCC(C)C.C=CCC(C)C.CC(=O)CC(C)(C)C.CC(=O)CC(C)(C)C.CC(C)CC=O.CC(C)CCCO.CC(C)CCN.CC(C)CCN.CC(C)CCN.CC(C)CCN(C)C.CC(C)CCNC(C)C.CC(C)CCNC(N)=O.CC(C)CCO.CC(C)C[C@H](O)CO.CCCCC(C)C.CCCCNCCOC.CCNCCC(C)C.CNCCC(C)C. The molecule has 0 aliphatic rings. The Kier molecular flexibility index (Phi) is 230. The number of terminal acetylenes is 3. The molecule has 0 fully saturated rings. The van der Waals surface area contributed by atoms with Gasteiger partial charge in [-0.1, -0.05) is 366 Å². The van der Waals surface area contributed by atoms with Crippen molar-refractivity contribution in [3.63, 3.8) is 0 Å². The first kappa shape index (κ1) is 199. The quantitative estimate of drug-likeness (QED) is 0.0116. The van der Waals surface area contributed by atoms with E-state index in [1.165, 1.54) is 70.9 Å². The molecular formula is C126H286N10O9. The summed E-state index contributed by atoms with van der Waals surface area (Å²) < 4.78 is 4.86. The second-order valence-corrected chi connectivity index (χ2v) is 46.8. The number of hydrogen-bond donors (Lipinski definition) is 13. The number of nitrogens with two attached hydrogens (primary N) is 4. The van der Waals surface area contributed by atoms with Crippen LogP contribution in [-0.4, -0.2) is 188 Å². The van der Waals surface area contributed by atoms with Gasteiger partial charge in [-0.15, -0.1) is 43.6 Å². The average Bonchev–Trinajstić information content (AvgIpc) is 0.975. The number of urea groups is 1. The van der Waals surface area contributed by atoms with Crippen LogP contribution < -0.4 is 49.5 Å². The summed E-state index contributed by atoms with van der Waals surface area (Å²) in [6.07, 6.45) is 43.3. The molecular weight excluding hydrogens is 1800 g/mol. The molecule has 0 radical (unpaired) electrons. The largest absolute Gasteiger partial charge is 0.396 e. The molecule has 0 unspecified atom stereocenters. The summed E-state index contributed by atoms with van der Waals surface area (Å²) in [6.45, 7) is 116. The van der Waals surface area contributed by atoms with Crippen LogP contribution in [0, 0.1) is 148 Å². The lowest BCUT2D eigenvalue weighted by Crippen LogP contribution is -2.30. The summed E-state index contributed by atoms with van der Waals surface area (Å²) in [5, 5.41) is 49.2. The molecule has 0 spiro atoms. The third-order valence-electron chi connectivity index (χ3n) is 17.1. The smallest absolute Gasteiger partial charge is 0.312 e. The Labute approximate surface area is 919 Å². The predicted octanol–water partition coefficient (Wildman–Crippen LogP) is 31.3. The Morgan fingerprint density at radius 1 is 0.414 bits per heavy atom. The maximum absolute atomic E-state index is 10.5. The number of allylic oxidation sites excluding steroid dienone is 1. The summed E-state index contributed by atoms with van der Waals surface area (Å²) in [4.78, 5) is 42.8. The van der Waals surface area contributed by atoms with Crippen LogP contribution in [0.25, 0.3) is 0 Å². The average molecular weight is 2090 g/mol. The molecule has 145 heavy (non-hydrogen) atoms. The van der Waals surface area contributed by atoms with E-state index < -0.39 is 12.1 Å². The van der Waals surface area contributed by atoms with E-state index in [9.17, 15) is 19.2 Å². The van der Waals surface area contributed by atoms with E-state index in [0.29, 0.717) is 92.9 Å². The monoisotopic (exact) mass is 2080 g/mol. The molecule has 894 valence electrons. The van der Waals surface area contributed by atoms with Gasteiger partial charge in [-0.2, -0.15) is 0 Å². The molecule has 0 rings (SSSR count). The van der Waals surface area contributed by atoms with E-state index in [2.05, 4.69) is 354 Å². The Hall–Kier alpha value is -3.82. The van der Waals surface area contributed by atoms with Gasteiger partial charge in [0.1, 0.15) is 17.9 Å². The van der Waals surface area contributed by atoms with Crippen molar-refractivity contribution < 1.29 is 44.3 Å². The maximum atomic E-state index is 10.5. The first-order chi connectivity index (χ1) is 65.3. The molecule has 0 saturated carbocycles. The van der Waals surface area contributed by atoms with Gasteiger partial charge in [-0.25, -0.2) is 4.79 Å². The van der Waals surface area contributed by atoms with E-state index in [1.807, 2.05) is 40.8 Å². The van der Waals surface area contributed by atoms with Gasteiger partial charge in [0, 0.05) is 78.0 Å². The number of aliphatic hydroxyl groups is 4. The van der Waals surface area contributed by atoms with E-state index in [1.54, 1.807) is 21.0 Å². The van der Waals surface area contributed by atoms with Gasteiger partial charge in [0.05, 0.1) is 19.3 Å². The van der Waals surface area contributed by atoms with Crippen molar-refractivity contribution >= 4 is 23.9 Å². The van der Waals surface area contributed by atoms with Crippen LogP contribution in [0.15, 0.2) is 12.7 Å². The molecule has 19 nitrogen and oxygen atoms in total. The molecule has 0 heterocycles. The number of ketones is 2. The van der Waals surface area contributed by atoms with Crippen LogP contribution in [0.1, 0.15) is 502 Å². The van der Waals surface area contributed by atoms with Crippen molar-refractivity contribution in [2.75, 3.05) is 127 Å². The number of aliphatic hydroxyl groups excluding tert-OH is 4. The predicted molar refractivity (Wildman–Crippen MR) is 669 cm³/mol. The molecule has 0 aromatic heterocycles. The summed E-state index contributed by atoms with van der Waals surface area (Å²) in [6, 6.07) is 0.208. The van der Waals surface area contributed by atoms with Crippen LogP contribution in [-0.2, 0) is 19.1 Å². The van der Waals surface area contributed by atoms with Crippen molar-refractivity contribution in [3.8, 4) is 37.0 Å². The van der Waals surface area contributed by atoms with Gasteiger partial charge in [0.2, 0.25) is 0 Å². The molecule has 1 atom stereocenters. The first-order valence-corrected chi connectivity index (χ1v) is 56.2. The highest BCUT2D eigenvalue weighted by atomic mass is 16.5. The molecule has 0 saturated heterocycles.